The van der Waals surface area contributed by atoms with Crippen molar-refractivity contribution < 1.29 is 30.7 Å². The second-order valence-corrected chi connectivity index (χ2v) is 6.20. The number of hydrogen-bond acceptors (Lipinski definition) is 3. The van der Waals surface area contributed by atoms with E-state index in [1.165, 1.54) is 18.2 Å². The predicted octanol–water partition coefficient (Wildman–Crippen LogP) is 3.20. The van der Waals surface area contributed by atoms with Gasteiger partial charge in [-0.3, -0.25) is 0 Å². The molecule has 2 aromatic rings. The minimum absolute atomic E-state index is 0.00973. The van der Waals surface area contributed by atoms with E-state index in [1.54, 1.807) is 0 Å². The van der Waals surface area contributed by atoms with Gasteiger partial charge in [0.2, 0.25) is 10.0 Å². The highest BCUT2D eigenvalue weighted by molar-refractivity contribution is 7.89. The summed E-state index contributed by atoms with van der Waals surface area (Å²) in [6, 6.07) is 9.20. The summed E-state index contributed by atoms with van der Waals surface area (Å²) in [6.45, 7) is -0.411. The molecule has 9 heteroatoms. The van der Waals surface area contributed by atoms with Gasteiger partial charge < -0.3 is 4.74 Å². The third-order valence-corrected chi connectivity index (χ3v) is 4.19. The lowest BCUT2D eigenvalue weighted by atomic mass is 10.2. The van der Waals surface area contributed by atoms with Crippen molar-refractivity contribution in [1.82, 2.24) is 4.72 Å². The summed E-state index contributed by atoms with van der Waals surface area (Å²) >= 11 is 0. The van der Waals surface area contributed by atoms with Gasteiger partial charge in [-0.1, -0.05) is 18.2 Å². The van der Waals surface area contributed by atoms with Gasteiger partial charge in [0.25, 0.3) is 0 Å². The van der Waals surface area contributed by atoms with Crippen molar-refractivity contribution >= 4 is 10.0 Å². The number of halogens is 4. The van der Waals surface area contributed by atoms with Gasteiger partial charge in [-0.05, 0) is 30.3 Å². The van der Waals surface area contributed by atoms with Gasteiger partial charge in [-0.2, -0.15) is 0 Å². The van der Waals surface area contributed by atoms with Gasteiger partial charge in [0.1, 0.15) is 11.6 Å². The van der Waals surface area contributed by atoms with Crippen molar-refractivity contribution in [3.05, 3.63) is 59.9 Å². The van der Waals surface area contributed by atoms with Gasteiger partial charge in [-0.25, -0.2) is 17.5 Å². The fourth-order valence-corrected chi connectivity index (χ4v) is 2.75. The maximum atomic E-state index is 12.8. The van der Waals surface area contributed by atoms with E-state index in [2.05, 4.69) is 9.46 Å². The Bertz CT molecular complexity index is 773. The van der Waals surface area contributed by atoms with Crippen molar-refractivity contribution in [2.45, 2.75) is 17.8 Å². The largest absolute Gasteiger partial charge is 0.573 e. The van der Waals surface area contributed by atoms with E-state index < -0.39 is 34.5 Å². The van der Waals surface area contributed by atoms with Crippen LogP contribution in [0.2, 0.25) is 0 Å². The topological polar surface area (TPSA) is 55.4 Å². The molecule has 2 rings (SSSR count). The molecule has 124 valence electrons. The summed E-state index contributed by atoms with van der Waals surface area (Å²) in [7, 11) is -3.99. The van der Waals surface area contributed by atoms with E-state index in [1.807, 2.05) is 0 Å². The molecule has 0 aromatic heterocycles. The third-order valence-electron chi connectivity index (χ3n) is 2.77. The van der Waals surface area contributed by atoms with Crippen LogP contribution in [0.1, 0.15) is 5.56 Å². The van der Waals surface area contributed by atoms with E-state index in [0.717, 1.165) is 30.3 Å². The molecule has 0 spiro atoms. The Balaban J connectivity index is 2.16. The average Bonchev–Trinajstić information content (AvgIpc) is 2.45. The molecular formula is C14H11F4NO3S. The van der Waals surface area contributed by atoms with Crippen LogP contribution >= 0.6 is 0 Å². The van der Waals surface area contributed by atoms with Crippen molar-refractivity contribution in [2.75, 3.05) is 0 Å². The number of nitrogens with one attached hydrogen (secondary N) is 1. The lowest BCUT2D eigenvalue weighted by Crippen LogP contribution is -2.24. The number of rotatable bonds is 5. The standard InChI is InChI=1S/C14H11F4NO3S/c15-11-5-7-12(8-6-11)23(20,21)19-9-10-3-1-2-4-13(10)22-14(16,17)18/h1-8,19H,9H2. The summed E-state index contributed by atoms with van der Waals surface area (Å²) in [6.07, 6.45) is -4.88. The van der Waals surface area contributed by atoms with E-state index >= 15 is 0 Å². The highest BCUT2D eigenvalue weighted by atomic mass is 32.2. The van der Waals surface area contributed by atoms with Gasteiger partial charge in [-0.15, -0.1) is 13.2 Å². The molecule has 2 aromatic carbocycles. The van der Waals surface area contributed by atoms with E-state index in [4.69, 9.17) is 0 Å². The second kappa shape index (κ2) is 6.55. The molecule has 0 heterocycles. The molecule has 1 N–H and O–H groups in total. The van der Waals surface area contributed by atoms with Gasteiger partial charge in [0.05, 0.1) is 4.90 Å². The molecular weight excluding hydrogens is 338 g/mol. The molecule has 23 heavy (non-hydrogen) atoms. The van der Waals surface area contributed by atoms with E-state index in [-0.39, 0.29) is 10.5 Å². The number of hydrogen-bond donors (Lipinski definition) is 1. The molecule has 0 atom stereocenters. The Kier molecular flexibility index (Phi) is 4.90. The van der Waals surface area contributed by atoms with Crippen molar-refractivity contribution in [2.24, 2.45) is 0 Å². The number of ether oxygens (including phenoxy) is 1. The first-order valence-electron chi connectivity index (χ1n) is 6.26. The molecule has 0 aliphatic rings. The van der Waals surface area contributed by atoms with Gasteiger partial charge in [0.15, 0.2) is 0 Å². The molecule has 0 amide bonds. The first kappa shape index (κ1) is 17.2. The van der Waals surface area contributed by atoms with Crippen LogP contribution in [-0.2, 0) is 16.6 Å². The van der Waals surface area contributed by atoms with Gasteiger partial charge in [0, 0.05) is 12.1 Å². The Hall–Kier alpha value is -2.13. The number of benzene rings is 2. The molecule has 0 fully saturated rings. The highest BCUT2D eigenvalue weighted by Crippen LogP contribution is 2.26. The monoisotopic (exact) mass is 349 g/mol. The maximum absolute atomic E-state index is 12.8. The van der Waals surface area contributed by atoms with Crippen LogP contribution in [0.25, 0.3) is 0 Å². The van der Waals surface area contributed by atoms with Crippen LogP contribution in [0, 0.1) is 5.82 Å². The van der Waals surface area contributed by atoms with Crippen molar-refractivity contribution in [1.29, 1.82) is 0 Å². The number of para-hydroxylation sites is 1. The first-order chi connectivity index (χ1) is 10.7. The highest BCUT2D eigenvalue weighted by Gasteiger charge is 2.32. The summed E-state index contributed by atoms with van der Waals surface area (Å²) in [5.74, 6) is -1.10. The summed E-state index contributed by atoms with van der Waals surface area (Å²) in [5.41, 5.74) is 0.00973. The summed E-state index contributed by atoms with van der Waals surface area (Å²) in [4.78, 5) is -0.201. The fourth-order valence-electron chi connectivity index (χ4n) is 1.74. The molecule has 0 saturated heterocycles. The normalized spacial score (nSPS) is 12.2. The van der Waals surface area contributed by atoms with Crippen molar-refractivity contribution in [3.63, 3.8) is 0 Å². The summed E-state index contributed by atoms with van der Waals surface area (Å²) < 4.78 is 79.7. The van der Waals surface area contributed by atoms with Crippen LogP contribution in [0.5, 0.6) is 5.75 Å². The van der Waals surface area contributed by atoms with Gasteiger partial charge >= 0.3 is 6.36 Å². The van der Waals surface area contributed by atoms with Crippen LogP contribution in [0.3, 0.4) is 0 Å². The van der Waals surface area contributed by atoms with E-state index in [9.17, 15) is 26.0 Å². The number of alkyl halides is 3. The first-order valence-corrected chi connectivity index (χ1v) is 7.74. The molecule has 4 nitrogen and oxygen atoms in total. The Morgan fingerprint density at radius 1 is 1.00 bits per heavy atom. The lowest BCUT2D eigenvalue weighted by Gasteiger charge is -2.13. The zero-order valence-electron chi connectivity index (χ0n) is 11.5. The van der Waals surface area contributed by atoms with Crippen LogP contribution in [0.4, 0.5) is 17.6 Å². The third kappa shape index (κ3) is 4.93. The zero-order chi connectivity index (χ0) is 17.1. The number of sulfonamides is 1. The quantitative estimate of drug-likeness (QED) is 0.844. The molecule has 0 saturated carbocycles. The predicted molar refractivity (Wildman–Crippen MR) is 73.6 cm³/mol. The molecule has 0 aliphatic heterocycles. The Morgan fingerprint density at radius 3 is 2.22 bits per heavy atom. The minimum atomic E-state index is -4.88. The molecule has 0 unspecified atom stereocenters. The molecule has 0 radical (unpaired) electrons. The van der Waals surface area contributed by atoms with Crippen LogP contribution in [-0.4, -0.2) is 14.8 Å². The second-order valence-electron chi connectivity index (χ2n) is 4.43. The smallest absolute Gasteiger partial charge is 0.405 e. The van der Waals surface area contributed by atoms with E-state index in [0.29, 0.717) is 0 Å². The lowest BCUT2D eigenvalue weighted by molar-refractivity contribution is -0.274. The Morgan fingerprint density at radius 2 is 1.61 bits per heavy atom. The Labute approximate surface area is 129 Å². The molecule has 0 bridgehead atoms. The average molecular weight is 349 g/mol. The molecule has 0 aliphatic carbocycles. The summed E-state index contributed by atoms with van der Waals surface area (Å²) in [5, 5.41) is 0. The minimum Gasteiger partial charge on any atom is -0.405 e. The zero-order valence-corrected chi connectivity index (χ0v) is 12.3. The SMILES string of the molecule is O=S(=O)(NCc1ccccc1OC(F)(F)F)c1ccc(F)cc1. The van der Waals surface area contributed by atoms with Crippen molar-refractivity contribution in [3.8, 4) is 5.75 Å². The maximum Gasteiger partial charge on any atom is 0.573 e. The van der Waals surface area contributed by atoms with Crippen LogP contribution < -0.4 is 9.46 Å². The van der Waals surface area contributed by atoms with Crippen LogP contribution in [0.15, 0.2) is 53.4 Å². The fraction of sp³-hybridized carbons (Fsp3) is 0.143.